The first-order valence-corrected chi connectivity index (χ1v) is 16.4. The molecule has 4 aromatic rings. The number of fused-ring (bicyclic) bond motifs is 1. The second kappa shape index (κ2) is 13.0. The summed E-state index contributed by atoms with van der Waals surface area (Å²) in [5.41, 5.74) is 4.83. The lowest BCUT2D eigenvalue weighted by Crippen LogP contribution is -2.31. The van der Waals surface area contributed by atoms with Crippen LogP contribution in [0, 0.1) is 0 Å². The number of methoxy groups -OCH3 is 1. The highest BCUT2D eigenvalue weighted by Crippen LogP contribution is 2.39. The number of nitrogens with zero attached hydrogens (tertiary/aromatic N) is 7. The number of nitrogens with one attached hydrogen (secondary N) is 2. The molecular weight excluding hydrogens is 602 g/mol. The van der Waals surface area contributed by atoms with Crippen LogP contribution in [0.3, 0.4) is 0 Å². The third kappa shape index (κ3) is 6.30. The predicted molar refractivity (Wildman–Crippen MR) is 178 cm³/mol. The van der Waals surface area contributed by atoms with Crippen LogP contribution in [0.4, 0.5) is 34.5 Å². The van der Waals surface area contributed by atoms with Gasteiger partial charge in [0.2, 0.25) is 16.0 Å². The van der Waals surface area contributed by atoms with Gasteiger partial charge < -0.3 is 25.2 Å². The van der Waals surface area contributed by atoms with Gasteiger partial charge in [-0.2, -0.15) is 4.98 Å². The highest BCUT2D eigenvalue weighted by molar-refractivity contribution is 7.92. The van der Waals surface area contributed by atoms with Crippen molar-refractivity contribution in [2.45, 2.75) is 32.7 Å². The van der Waals surface area contributed by atoms with E-state index in [0.29, 0.717) is 34.2 Å². The lowest BCUT2D eigenvalue weighted by Gasteiger charge is -2.25. The number of rotatable bonds is 11. The molecule has 3 heterocycles. The van der Waals surface area contributed by atoms with Gasteiger partial charge in [0.15, 0.2) is 5.82 Å². The number of sulfonamides is 1. The highest BCUT2D eigenvalue weighted by atomic mass is 35.5. The number of benzene rings is 2. The fourth-order valence-electron chi connectivity index (χ4n) is 5.38. The van der Waals surface area contributed by atoms with Crippen molar-refractivity contribution in [1.29, 1.82) is 0 Å². The second-order valence-electron chi connectivity index (χ2n) is 10.8. The molecule has 0 amide bonds. The molecule has 1 aliphatic heterocycles. The van der Waals surface area contributed by atoms with E-state index in [9.17, 15) is 8.42 Å². The normalized spacial score (nSPS) is 15.2. The molecule has 12 nitrogen and oxygen atoms in total. The summed E-state index contributed by atoms with van der Waals surface area (Å²) in [6.45, 7) is 5.67. The standard InChI is InChI=1S/C30H38ClN9O3S/c1-7-19-15-24(26(43-6)16-25(19)40-14-11-20(18-40)38(3)4)36-30-34-17-21(31)29(37-30)35-23-10-9-22-27(33-13-12-32-22)28(23)39(5)44(41,42)8-2/h9-10,12-13,15-17,20H,7-8,11,14,18H2,1-6H3,(H2,34,35,36,37). The van der Waals surface area contributed by atoms with E-state index in [2.05, 4.69) is 73.5 Å². The largest absolute Gasteiger partial charge is 0.494 e. The maximum absolute atomic E-state index is 12.9. The van der Waals surface area contributed by atoms with E-state index < -0.39 is 10.0 Å². The quantitative estimate of drug-likeness (QED) is 0.229. The Hall–Kier alpha value is -3.94. The van der Waals surface area contributed by atoms with Gasteiger partial charge in [-0.05, 0) is 57.6 Å². The Morgan fingerprint density at radius 3 is 2.52 bits per heavy atom. The van der Waals surface area contributed by atoms with Gasteiger partial charge in [0, 0.05) is 50.3 Å². The van der Waals surface area contributed by atoms with Crippen molar-refractivity contribution in [3.05, 3.63) is 53.4 Å². The molecule has 0 saturated carbocycles. The van der Waals surface area contributed by atoms with Crippen LogP contribution in [0.25, 0.3) is 11.0 Å². The van der Waals surface area contributed by atoms with E-state index in [1.807, 2.05) is 0 Å². The van der Waals surface area contributed by atoms with Crippen LogP contribution in [0.15, 0.2) is 42.9 Å². The molecule has 5 rings (SSSR count). The van der Waals surface area contributed by atoms with Gasteiger partial charge in [0.05, 0.1) is 36.0 Å². The van der Waals surface area contributed by atoms with E-state index in [-0.39, 0.29) is 22.5 Å². The molecular formula is C30H38ClN9O3S. The van der Waals surface area contributed by atoms with Crippen molar-refractivity contribution < 1.29 is 13.2 Å². The molecule has 0 spiro atoms. The third-order valence-corrected chi connectivity index (χ3v) is 9.99. The first-order valence-electron chi connectivity index (χ1n) is 14.4. The van der Waals surface area contributed by atoms with Crippen molar-refractivity contribution >= 4 is 67.2 Å². The summed E-state index contributed by atoms with van der Waals surface area (Å²) in [5, 5.41) is 6.76. The number of likely N-dealkylation sites (N-methyl/N-ethyl adjacent to an activating group) is 1. The molecule has 1 fully saturated rings. The number of hydrogen-bond donors (Lipinski definition) is 2. The fourth-order valence-corrected chi connectivity index (χ4v) is 6.37. The lowest BCUT2D eigenvalue weighted by molar-refractivity contribution is 0.315. The number of halogens is 1. The van der Waals surface area contributed by atoms with Crippen molar-refractivity contribution in [1.82, 2.24) is 24.8 Å². The van der Waals surface area contributed by atoms with Crippen LogP contribution in [0.2, 0.25) is 5.02 Å². The molecule has 2 aromatic heterocycles. The van der Waals surface area contributed by atoms with E-state index in [1.54, 1.807) is 32.4 Å². The Morgan fingerprint density at radius 2 is 1.84 bits per heavy atom. The number of anilines is 6. The monoisotopic (exact) mass is 639 g/mol. The fraction of sp³-hybridized carbons (Fsp3) is 0.400. The zero-order valence-corrected chi connectivity index (χ0v) is 27.4. The summed E-state index contributed by atoms with van der Waals surface area (Å²) in [5.74, 6) is 1.15. The molecule has 2 aromatic carbocycles. The van der Waals surface area contributed by atoms with Crippen LogP contribution >= 0.6 is 11.6 Å². The third-order valence-electron chi connectivity index (χ3n) is 7.97. The van der Waals surface area contributed by atoms with Crippen molar-refractivity contribution in [3.8, 4) is 5.75 Å². The summed E-state index contributed by atoms with van der Waals surface area (Å²) >= 11 is 6.54. The Balaban J connectivity index is 1.48. The van der Waals surface area contributed by atoms with Gasteiger partial charge in [0.25, 0.3) is 0 Å². The Labute approximate surface area is 263 Å². The molecule has 14 heteroatoms. The number of ether oxygens (including phenoxy) is 1. The second-order valence-corrected chi connectivity index (χ2v) is 13.5. The van der Waals surface area contributed by atoms with Crippen LogP contribution in [-0.2, 0) is 16.4 Å². The summed E-state index contributed by atoms with van der Waals surface area (Å²) in [6, 6.07) is 8.14. The molecule has 0 bridgehead atoms. The Kier molecular flexibility index (Phi) is 9.28. The van der Waals surface area contributed by atoms with Crippen LogP contribution < -0.4 is 24.6 Å². The van der Waals surface area contributed by atoms with Gasteiger partial charge in [-0.3, -0.25) is 14.3 Å². The molecule has 1 saturated heterocycles. The van der Waals surface area contributed by atoms with Crippen molar-refractivity contribution in [3.63, 3.8) is 0 Å². The molecule has 1 aliphatic rings. The molecule has 2 N–H and O–H groups in total. The lowest BCUT2D eigenvalue weighted by atomic mass is 10.1. The van der Waals surface area contributed by atoms with E-state index >= 15 is 0 Å². The molecule has 1 atom stereocenters. The maximum atomic E-state index is 12.9. The smallest absolute Gasteiger partial charge is 0.234 e. The van der Waals surface area contributed by atoms with Gasteiger partial charge in [-0.15, -0.1) is 0 Å². The maximum Gasteiger partial charge on any atom is 0.234 e. The SMILES string of the molecule is CCc1cc(Nc2ncc(Cl)c(Nc3ccc4nccnc4c3N(C)S(=O)(=O)CC)n2)c(OC)cc1N1CCC(N(C)C)C1. The zero-order chi connectivity index (χ0) is 31.6. The average Bonchev–Trinajstić information content (AvgIpc) is 3.52. The van der Waals surface area contributed by atoms with Crippen LogP contribution in [-0.4, -0.2) is 86.4 Å². The van der Waals surface area contributed by atoms with E-state index in [1.165, 1.54) is 29.3 Å². The number of hydrogen-bond acceptors (Lipinski definition) is 11. The average molecular weight is 640 g/mol. The number of aromatic nitrogens is 4. The molecule has 0 aliphatic carbocycles. The first-order chi connectivity index (χ1) is 21.1. The predicted octanol–water partition coefficient (Wildman–Crippen LogP) is 5.06. The van der Waals surface area contributed by atoms with Gasteiger partial charge >= 0.3 is 0 Å². The topological polar surface area (TPSA) is 129 Å². The van der Waals surface area contributed by atoms with Crippen LogP contribution in [0.1, 0.15) is 25.8 Å². The summed E-state index contributed by atoms with van der Waals surface area (Å²) in [7, 11) is 3.76. The van der Waals surface area contributed by atoms with E-state index in [0.717, 1.165) is 37.3 Å². The van der Waals surface area contributed by atoms with Crippen LogP contribution in [0.5, 0.6) is 5.75 Å². The minimum absolute atomic E-state index is 0.0870. The van der Waals surface area contributed by atoms with E-state index in [4.69, 9.17) is 16.3 Å². The van der Waals surface area contributed by atoms with Gasteiger partial charge in [-0.1, -0.05) is 18.5 Å². The van der Waals surface area contributed by atoms with Gasteiger partial charge in [-0.25, -0.2) is 13.4 Å². The zero-order valence-electron chi connectivity index (χ0n) is 25.8. The Bertz CT molecular complexity index is 1770. The Morgan fingerprint density at radius 1 is 1.07 bits per heavy atom. The summed E-state index contributed by atoms with van der Waals surface area (Å²) < 4.78 is 32.8. The van der Waals surface area contributed by atoms with Crippen molar-refractivity contribution in [2.24, 2.45) is 0 Å². The summed E-state index contributed by atoms with van der Waals surface area (Å²) in [6.07, 6.45) is 6.52. The first kappa shape index (κ1) is 31.5. The molecule has 1 unspecified atom stereocenters. The molecule has 234 valence electrons. The minimum atomic E-state index is -3.62. The van der Waals surface area contributed by atoms with Gasteiger partial charge in [0.1, 0.15) is 22.0 Å². The van der Waals surface area contributed by atoms with Crippen molar-refractivity contribution in [2.75, 3.05) is 66.9 Å². The number of aryl methyl sites for hydroxylation is 1. The molecule has 0 radical (unpaired) electrons. The molecule has 44 heavy (non-hydrogen) atoms. The highest BCUT2D eigenvalue weighted by Gasteiger charge is 2.27. The minimum Gasteiger partial charge on any atom is -0.494 e. The summed E-state index contributed by atoms with van der Waals surface area (Å²) in [4.78, 5) is 22.5.